The number of halogens is 1. The first-order valence-electron chi connectivity index (χ1n) is 6.32. The Labute approximate surface area is 121 Å². The summed E-state index contributed by atoms with van der Waals surface area (Å²) in [6.45, 7) is 0.272. The van der Waals surface area contributed by atoms with E-state index >= 15 is 0 Å². The van der Waals surface area contributed by atoms with Crippen molar-refractivity contribution in [1.29, 1.82) is 0 Å². The predicted octanol–water partition coefficient (Wildman–Crippen LogP) is 1.79. The van der Waals surface area contributed by atoms with Crippen LogP contribution in [0.3, 0.4) is 0 Å². The number of nitrogens with one attached hydrogen (secondary N) is 1. The molecule has 2 amide bonds. The highest BCUT2D eigenvalue weighted by atomic mass is 19.1. The van der Waals surface area contributed by atoms with E-state index in [9.17, 15) is 14.0 Å². The number of amides is 2. The fourth-order valence-electron chi connectivity index (χ4n) is 1.83. The lowest BCUT2D eigenvalue weighted by Crippen LogP contribution is -2.24. The van der Waals surface area contributed by atoms with Crippen molar-refractivity contribution < 1.29 is 14.0 Å². The molecule has 2 aromatic carbocycles. The summed E-state index contributed by atoms with van der Waals surface area (Å²) in [5, 5.41) is 2.66. The summed E-state index contributed by atoms with van der Waals surface area (Å²) in [7, 11) is 0. The second-order valence-corrected chi connectivity index (χ2v) is 4.44. The first-order chi connectivity index (χ1) is 10.1. The molecule has 0 aliphatic carbocycles. The van der Waals surface area contributed by atoms with E-state index in [0.29, 0.717) is 5.56 Å². The molecule has 5 heteroatoms. The van der Waals surface area contributed by atoms with Crippen molar-refractivity contribution in [2.75, 3.05) is 0 Å². The van der Waals surface area contributed by atoms with E-state index in [4.69, 9.17) is 5.73 Å². The summed E-state index contributed by atoms with van der Waals surface area (Å²) in [5.74, 6) is -1.27. The smallest absolute Gasteiger partial charge is 0.249 e. The third-order valence-corrected chi connectivity index (χ3v) is 2.89. The topological polar surface area (TPSA) is 72.2 Å². The molecule has 107 valence electrons. The maximum Gasteiger partial charge on any atom is 0.249 e. The number of carbonyl (C=O) groups is 2. The van der Waals surface area contributed by atoms with Gasteiger partial charge in [-0.3, -0.25) is 9.59 Å². The molecule has 0 spiro atoms. The van der Waals surface area contributed by atoms with Crippen molar-refractivity contribution in [1.82, 2.24) is 5.32 Å². The third-order valence-electron chi connectivity index (χ3n) is 2.89. The monoisotopic (exact) mass is 285 g/mol. The number of carbonyl (C=O) groups excluding carboxylic acids is 2. The number of primary amides is 1. The molecule has 0 saturated carbocycles. The number of nitrogens with two attached hydrogens (primary N) is 1. The number of rotatable bonds is 5. The van der Waals surface area contributed by atoms with Gasteiger partial charge in [-0.2, -0.15) is 0 Å². The zero-order chi connectivity index (χ0) is 15.2. The maximum absolute atomic E-state index is 12.8. The summed E-state index contributed by atoms with van der Waals surface area (Å²) in [5.41, 5.74) is 6.77. The average molecular weight is 285 g/mol. The third kappa shape index (κ3) is 4.14. The summed E-state index contributed by atoms with van der Waals surface area (Å²) >= 11 is 0. The molecule has 0 fully saturated rings. The van der Waals surface area contributed by atoms with Crippen LogP contribution in [0.25, 0.3) is 0 Å². The SMILES string of the molecule is NC(=O)c1ccccc1[CH]C(=O)NCc1ccc(F)cc1. The van der Waals surface area contributed by atoms with Crippen LogP contribution in [0, 0.1) is 12.2 Å². The van der Waals surface area contributed by atoms with E-state index in [-0.39, 0.29) is 23.8 Å². The molecule has 0 atom stereocenters. The van der Waals surface area contributed by atoms with Crippen LogP contribution in [0.4, 0.5) is 4.39 Å². The Balaban J connectivity index is 1.96. The largest absolute Gasteiger partial charge is 0.366 e. The van der Waals surface area contributed by atoms with E-state index in [1.165, 1.54) is 18.6 Å². The predicted molar refractivity (Wildman–Crippen MR) is 76.6 cm³/mol. The first-order valence-corrected chi connectivity index (χ1v) is 6.32. The van der Waals surface area contributed by atoms with Crippen LogP contribution in [-0.4, -0.2) is 11.8 Å². The van der Waals surface area contributed by atoms with Gasteiger partial charge >= 0.3 is 0 Å². The molecule has 0 aliphatic heterocycles. The highest BCUT2D eigenvalue weighted by Crippen LogP contribution is 2.10. The van der Waals surface area contributed by atoms with Crippen LogP contribution in [-0.2, 0) is 11.3 Å². The van der Waals surface area contributed by atoms with Crippen LogP contribution >= 0.6 is 0 Å². The Morgan fingerprint density at radius 1 is 1.10 bits per heavy atom. The minimum atomic E-state index is -0.590. The lowest BCUT2D eigenvalue weighted by atomic mass is 10.0. The molecule has 0 aliphatic rings. The Hall–Kier alpha value is -2.69. The number of hydrogen-bond acceptors (Lipinski definition) is 2. The van der Waals surface area contributed by atoms with Crippen LogP contribution in [0.1, 0.15) is 21.5 Å². The van der Waals surface area contributed by atoms with Gasteiger partial charge in [0, 0.05) is 12.1 Å². The van der Waals surface area contributed by atoms with Gasteiger partial charge in [0.2, 0.25) is 11.8 Å². The van der Waals surface area contributed by atoms with Crippen molar-refractivity contribution in [2.45, 2.75) is 6.54 Å². The van der Waals surface area contributed by atoms with Crippen molar-refractivity contribution in [3.05, 3.63) is 77.5 Å². The Bertz CT molecular complexity index is 654. The molecule has 2 aromatic rings. The zero-order valence-electron chi connectivity index (χ0n) is 11.2. The molecule has 2 rings (SSSR count). The normalized spacial score (nSPS) is 10.1. The van der Waals surface area contributed by atoms with Crippen LogP contribution < -0.4 is 11.1 Å². The molecule has 4 nitrogen and oxygen atoms in total. The molecule has 0 bridgehead atoms. The molecule has 0 unspecified atom stereocenters. The minimum absolute atomic E-state index is 0.272. The molecule has 0 heterocycles. The van der Waals surface area contributed by atoms with Crippen molar-refractivity contribution in [3.63, 3.8) is 0 Å². The van der Waals surface area contributed by atoms with Crippen LogP contribution in [0.2, 0.25) is 0 Å². The van der Waals surface area contributed by atoms with Gasteiger partial charge in [0.15, 0.2) is 0 Å². The fraction of sp³-hybridized carbons (Fsp3) is 0.0625. The Kier molecular flexibility index (Phi) is 4.66. The second-order valence-electron chi connectivity index (χ2n) is 4.44. The summed E-state index contributed by atoms with van der Waals surface area (Å²) in [4.78, 5) is 23.1. The van der Waals surface area contributed by atoms with Gasteiger partial charge in [0.05, 0.1) is 6.42 Å². The lowest BCUT2D eigenvalue weighted by molar-refractivity contribution is -0.117. The van der Waals surface area contributed by atoms with E-state index in [1.54, 1.807) is 36.4 Å². The number of hydrogen-bond donors (Lipinski definition) is 2. The molecule has 21 heavy (non-hydrogen) atoms. The summed E-state index contributed by atoms with van der Waals surface area (Å²) < 4.78 is 12.8. The van der Waals surface area contributed by atoms with Crippen LogP contribution in [0.5, 0.6) is 0 Å². The summed E-state index contributed by atoms with van der Waals surface area (Å²) in [6.07, 6.45) is 1.31. The maximum atomic E-state index is 12.8. The molecule has 3 N–H and O–H groups in total. The second kappa shape index (κ2) is 6.65. The van der Waals surface area contributed by atoms with Gasteiger partial charge in [0.1, 0.15) is 5.82 Å². The number of benzene rings is 2. The standard InChI is InChI=1S/C16H14FN2O2/c17-13-7-5-11(6-8-13)10-19-15(20)9-12-3-1-2-4-14(12)16(18)21/h1-9H,10H2,(H2,18,21)(H,19,20). The first kappa shape index (κ1) is 14.7. The molecular formula is C16H14FN2O2. The van der Waals surface area contributed by atoms with Gasteiger partial charge in [-0.1, -0.05) is 30.3 Å². The van der Waals surface area contributed by atoms with Gasteiger partial charge in [0.25, 0.3) is 0 Å². The Morgan fingerprint density at radius 3 is 2.43 bits per heavy atom. The van der Waals surface area contributed by atoms with E-state index < -0.39 is 5.91 Å². The van der Waals surface area contributed by atoms with Gasteiger partial charge in [-0.05, 0) is 29.3 Å². The van der Waals surface area contributed by atoms with Crippen molar-refractivity contribution in [2.24, 2.45) is 5.73 Å². The molecular weight excluding hydrogens is 271 g/mol. The quantitative estimate of drug-likeness (QED) is 0.879. The van der Waals surface area contributed by atoms with Crippen molar-refractivity contribution >= 4 is 11.8 Å². The Morgan fingerprint density at radius 2 is 1.76 bits per heavy atom. The minimum Gasteiger partial charge on any atom is -0.366 e. The highest BCUT2D eigenvalue weighted by Gasteiger charge is 2.11. The zero-order valence-corrected chi connectivity index (χ0v) is 11.2. The fourth-order valence-corrected chi connectivity index (χ4v) is 1.83. The van der Waals surface area contributed by atoms with Gasteiger partial charge in [-0.15, -0.1) is 0 Å². The molecule has 1 radical (unpaired) electrons. The van der Waals surface area contributed by atoms with E-state index in [2.05, 4.69) is 5.32 Å². The molecule has 0 saturated heterocycles. The average Bonchev–Trinajstić information content (AvgIpc) is 2.47. The summed E-state index contributed by atoms with van der Waals surface area (Å²) in [6, 6.07) is 12.4. The van der Waals surface area contributed by atoms with E-state index in [0.717, 1.165) is 5.56 Å². The lowest BCUT2D eigenvalue weighted by Gasteiger charge is -2.07. The highest BCUT2D eigenvalue weighted by molar-refractivity contribution is 5.98. The van der Waals surface area contributed by atoms with Gasteiger partial charge < -0.3 is 11.1 Å². The molecule has 0 aromatic heterocycles. The van der Waals surface area contributed by atoms with E-state index in [1.807, 2.05) is 0 Å². The van der Waals surface area contributed by atoms with Gasteiger partial charge in [-0.25, -0.2) is 4.39 Å². The van der Waals surface area contributed by atoms with Crippen LogP contribution in [0.15, 0.2) is 48.5 Å². The van der Waals surface area contributed by atoms with Crippen molar-refractivity contribution in [3.8, 4) is 0 Å².